The molecule has 38 heavy (non-hydrogen) atoms. The Kier molecular flexibility index (Phi) is 10.0. The first kappa shape index (κ1) is 29.3. The largest absolute Gasteiger partial charge is 0.354 e. The minimum absolute atomic E-state index is 0.0503. The molecule has 0 spiro atoms. The standard InChI is InChI=1S/C28H31BrFN3O4S/c1-4-16-31-28(35)21(3)32(18-22-8-7-9-23(29)17-22)27(34)19-33(26-11-6-5-10-25(26)30)38(36,37)24-14-12-20(2)13-15-24/h5-15,17,21H,4,16,18-19H2,1-3H3,(H,31,35). The van der Waals surface area contributed by atoms with Crippen LogP contribution < -0.4 is 9.62 Å². The van der Waals surface area contributed by atoms with E-state index in [-0.39, 0.29) is 23.0 Å². The van der Waals surface area contributed by atoms with Gasteiger partial charge in [-0.05, 0) is 62.2 Å². The van der Waals surface area contributed by atoms with Gasteiger partial charge in [0.15, 0.2) is 0 Å². The molecule has 0 aliphatic heterocycles. The van der Waals surface area contributed by atoms with E-state index < -0.39 is 34.3 Å². The van der Waals surface area contributed by atoms with Crippen LogP contribution in [-0.4, -0.2) is 44.3 Å². The Morgan fingerprint density at radius 3 is 2.34 bits per heavy atom. The minimum Gasteiger partial charge on any atom is -0.354 e. The van der Waals surface area contributed by atoms with E-state index in [4.69, 9.17) is 0 Å². The monoisotopic (exact) mass is 603 g/mol. The number of hydrogen-bond donors (Lipinski definition) is 1. The summed E-state index contributed by atoms with van der Waals surface area (Å²) in [5, 5.41) is 2.79. The topological polar surface area (TPSA) is 86.8 Å². The molecule has 0 bridgehead atoms. The number of nitrogens with zero attached hydrogens (tertiary/aromatic N) is 2. The zero-order chi connectivity index (χ0) is 27.9. The number of halogens is 2. The van der Waals surface area contributed by atoms with Crippen molar-refractivity contribution < 1.29 is 22.4 Å². The summed E-state index contributed by atoms with van der Waals surface area (Å²) in [6.45, 7) is 5.11. The van der Waals surface area contributed by atoms with Crippen molar-refractivity contribution >= 4 is 43.5 Å². The summed E-state index contributed by atoms with van der Waals surface area (Å²) in [6, 6.07) is 17.8. The van der Waals surface area contributed by atoms with Gasteiger partial charge in [0, 0.05) is 17.6 Å². The molecule has 0 saturated heterocycles. The molecule has 3 rings (SSSR count). The molecular formula is C28H31BrFN3O4S. The highest BCUT2D eigenvalue weighted by molar-refractivity contribution is 9.10. The molecule has 202 valence electrons. The van der Waals surface area contributed by atoms with E-state index >= 15 is 0 Å². The highest BCUT2D eigenvalue weighted by Gasteiger charge is 2.33. The Hall–Kier alpha value is -3.24. The molecule has 0 heterocycles. The maximum atomic E-state index is 14.9. The van der Waals surface area contributed by atoms with Crippen molar-refractivity contribution in [1.82, 2.24) is 10.2 Å². The molecule has 0 fully saturated rings. The van der Waals surface area contributed by atoms with Crippen molar-refractivity contribution in [3.63, 3.8) is 0 Å². The van der Waals surface area contributed by atoms with Gasteiger partial charge in [0.05, 0.1) is 10.6 Å². The van der Waals surface area contributed by atoms with Crippen molar-refractivity contribution in [2.45, 2.75) is 44.7 Å². The maximum Gasteiger partial charge on any atom is 0.264 e. The summed E-state index contributed by atoms with van der Waals surface area (Å²) < 4.78 is 43.9. The van der Waals surface area contributed by atoms with Crippen LogP contribution in [0.5, 0.6) is 0 Å². The summed E-state index contributed by atoms with van der Waals surface area (Å²) in [4.78, 5) is 27.9. The number of carbonyl (C=O) groups is 2. The van der Waals surface area contributed by atoms with Gasteiger partial charge in [0.2, 0.25) is 11.8 Å². The number of rotatable bonds is 11. The lowest BCUT2D eigenvalue weighted by Crippen LogP contribution is -2.51. The van der Waals surface area contributed by atoms with Crippen molar-refractivity contribution in [2.24, 2.45) is 0 Å². The highest BCUT2D eigenvalue weighted by Crippen LogP contribution is 2.27. The maximum absolute atomic E-state index is 14.9. The van der Waals surface area contributed by atoms with Crippen LogP contribution >= 0.6 is 15.9 Å². The summed E-state index contributed by atoms with van der Waals surface area (Å²) in [5.41, 5.74) is 1.33. The molecule has 1 unspecified atom stereocenters. The molecule has 0 aliphatic carbocycles. The van der Waals surface area contributed by atoms with Gasteiger partial charge in [-0.1, -0.05) is 64.8 Å². The van der Waals surface area contributed by atoms with E-state index in [9.17, 15) is 22.4 Å². The second-order valence-corrected chi connectivity index (χ2v) is 11.7. The number of aryl methyl sites for hydroxylation is 1. The molecule has 3 aromatic rings. The van der Waals surface area contributed by atoms with Crippen LogP contribution in [0.25, 0.3) is 0 Å². The number of benzene rings is 3. The zero-order valence-corrected chi connectivity index (χ0v) is 23.9. The van der Waals surface area contributed by atoms with Crippen LogP contribution in [0.4, 0.5) is 10.1 Å². The Morgan fingerprint density at radius 1 is 1.03 bits per heavy atom. The second kappa shape index (κ2) is 13.0. The first-order valence-corrected chi connectivity index (χ1v) is 14.4. The van der Waals surface area contributed by atoms with E-state index in [1.165, 1.54) is 35.2 Å². The molecule has 3 aromatic carbocycles. The Bertz CT molecular complexity index is 1380. The fourth-order valence-electron chi connectivity index (χ4n) is 3.82. The molecule has 0 aliphatic rings. The van der Waals surface area contributed by atoms with Crippen LogP contribution in [0.2, 0.25) is 0 Å². The first-order chi connectivity index (χ1) is 18.0. The third kappa shape index (κ3) is 7.20. The predicted molar refractivity (Wildman–Crippen MR) is 150 cm³/mol. The lowest BCUT2D eigenvalue weighted by atomic mass is 10.1. The summed E-state index contributed by atoms with van der Waals surface area (Å²) >= 11 is 3.41. The van der Waals surface area contributed by atoms with Crippen LogP contribution in [0.1, 0.15) is 31.4 Å². The highest BCUT2D eigenvalue weighted by atomic mass is 79.9. The summed E-state index contributed by atoms with van der Waals surface area (Å²) in [5.74, 6) is -1.81. The fourth-order valence-corrected chi connectivity index (χ4v) is 5.68. The summed E-state index contributed by atoms with van der Waals surface area (Å²) in [6.07, 6.45) is 0.716. The number of carbonyl (C=O) groups excluding carboxylic acids is 2. The number of hydrogen-bond acceptors (Lipinski definition) is 4. The molecule has 1 N–H and O–H groups in total. The van der Waals surface area contributed by atoms with E-state index in [1.54, 1.807) is 31.2 Å². The average Bonchev–Trinajstić information content (AvgIpc) is 2.89. The van der Waals surface area contributed by atoms with E-state index in [0.29, 0.717) is 13.0 Å². The Morgan fingerprint density at radius 2 is 1.71 bits per heavy atom. The zero-order valence-electron chi connectivity index (χ0n) is 21.5. The van der Waals surface area contributed by atoms with Crippen LogP contribution in [-0.2, 0) is 26.2 Å². The third-order valence-corrected chi connectivity index (χ3v) is 8.23. The number of para-hydroxylation sites is 1. The fraction of sp³-hybridized carbons (Fsp3) is 0.286. The molecule has 10 heteroatoms. The number of amides is 2. The number of nitrogens with one attached hydrogen (secondary N) is 1. The summed E-state index contributed by atoms with van der Waals surface area (Å²) in [7, 11) is -4.32. The SMILES string of the molecule is CCCNC(=O)C(C)N(Cc1cccc(Br)c1)C(=O)CN(c1ccccc1F)S(=O)(=O)c1ccc(C)cc1. The van der Waals surface area contributed by atoms with Crippen molar-refractivity contribution in [3.8, 4) is 0 Å². The van der Waals surface area contributed by atoms with Gasteiger partial charge in [-0.15, -0.1) is 0 Å². The second-order valence-electron chi connectivity index (χ2n) is 8.89. The van der Waals surface area contributed by atoms with Crippen molar-refractivity contribution in [1.29, 1.82) is 0 Å². The molecule has 2 amide bonds. The normalized spacial score (nSPS) is 12.0. The predicted octanol–water partition coefficient (Wildman–Crippen LogP) is 5.04. The van der Waals surface area contributed by atoms with Gasteiger partial charge in [-0.2, -0.15) is 0 Å². The quantitative estimate of drug-likeness (QED) is 0.333. The Balaban J connectivity index is 2.03. The molecule has 0 aromatic heterocycles. The number of sulfonamides is 1. The van der Waals surface area contributed by atoms with Gasteiger partial charge >= 0.3 is 0 Å². The average molecular weight is 605 g/mol. The van der Waals surface area contributed by atoms with E-state index in [2.05, 4.69) is 21.2 Å². The van der Waals surface area contributed by atoms with Gasteiger partial charge in [-0.25, -0.2) is 12.8 Å². The Labute approximate surface area is 231 Å². The van der Waals surface area contributed by atoms with Gasteiger partial charge in [0.25, 0.3) is 10.0 Å². The van der Waals surface area contributed by atoms with Crippen LogP contribution in [0.15, 0.2) is 82.2 Å². The van der Waals surface area contributed by atoms with E-state index in [1.807, 2.05) is 26.0 Å². The lowest BCUT2D eigenvalue weighted by molar-refractivity contribution is -0.139. The first-order valence-electron chi connectivity index (χ1n) is 12.2. The molecule has 7 nitrogen and oxygen atoms in total. The smallest absolute Gasteiger partial charge is 0.264 e. The van der Waals surface area contributed by atoms with Gasteiger partial charge in [0.1, 0.15) is 18.4 Å². The molecule has 0 radical (unpaired) electrons. The molecule has 0 saturated carbocycles. The van der Waals surface area contributed by atoms with Gasteiger partial charge in [-0.3, -0.25) is 13.9 Å². The van der Waals surface area contributed by atoms with Crippen molar-refractivity contribution in [3.05, 3.63) is 94.2 Å². The van der Waals surface area contributed by atoms with Crippen LogP contribution in [0.3, 0.4) is 0 Å². The third-order valence-electron chi connectivity index (χ3n) is 5.97. The minimum atomic E-state index is -4.32. The molecule has 1 atom stereocenters. The van der Waals surface area contributed by atoms with Crippen LogP contribution in [0, 0.1) is 12.7 Å². The lowest BCUT2D eigenvalue weighted by Gasteiger charge is -2.32. The van der Waals surface area contributed by atoms with Crippen molar-refractivity contribution in [2.75, 3.05) is 17.4 Å². The van der Waals surface area contributed by atoms with E-state index in [0.717, 1.165) is 26.0 Å². The number of anilines is 1. The van der Waals surface area contributed by atoms with Gasteiger partial charge < -0.3 is 10.2 Å². The molecular weight excluding hydrogens is 573 g/mol.